The van der Waals surface area contributed by atoms with Gasteiger partial charge in [-0.1, -0.05) is 20.3 Å². The third kappa shape index (κ3) is 1.31. The quantitative estimate of drug-likeness (QED) is 0.604. The first-order valence-electron chi connectivity index (χ1n) is 8.23. The van der Waals surface area contributed by atoms with Crippen molar-refractivity contribution in [1.82, 2.24) is 0 Å². The second-order valence-electron chi connectivity index (χ2n) is 7.99. The standard InChI is InChI=1S/C17H28/c1-3-17(2)10-13-8-9-14(17)16-12-6-4-11(5-7-12)15(13)16/h11-16H,3-10H2,1-2H3. The molecule has 0 spiro atoms. The monoisotopic (exact) mass is 232 g/mol. The molecule has 0 radical (unpaired) electrons. The van der Waals surface area contributed by atoms with Gasteiger partial charge in [0.2, 0.25) is 0 Å². The minimum Gasteiger partial charge on any atom is -0.0649 e. The van der Waals surface area contributed by atoms with Gasteiger partial charge in [0.1, 0.15) is 0 Å². The van der Waals surface area contributed by atoms with Gasteiger partial charge >= 0.3 is 0 Å². The van der Waals surface area contributed by atoms with Crippen molar-refractivity contribution in [1.29, 1.82) is 0 Å². The molecule has 5 atom stereocenters. The Kier molecular flexibility index (Phi) is 2.25. The minimum atomic E-state index is 0.724. The Hall–Kier alpha value is 0. The van der Waals surface area contributed by atoms with Crippen LogP contribution in [-0.2, 0) is 0 Å². The van der Waals surface area contributed by atoms with Crippen LogP contribution >= 0.6 is 0 Å². The molecule has 0 aromatic rings. The highest BCUT2D eigenvalue weighted by Crippen LogP contribution is 2.67. The van der Waals surface area contributed by atoms with Crippen molar-refractivity contribution in [2.75, 3.05) is 0 Å². The molecule has 0 nitrogen and oxygen atoms in total. The molecule has 4 bridgehead atoms. The second kappa shape index (κ2) is 3.52. The zero-order chi connectivity index (χ0) is 11.6. The van der Waals surface area contributed by atoms with E-state index < -0.39 is 0 Å². The molecule has 96 valence electrons. The Morgan fingerprint density at radius 1 is 0.824 bits per heavy atom. The Morgan fingerprint density at radius 3 is 2.06 bits per heavy atom. The summed E-state index contributed by atoms with van der Waals surface area (Å²) >= 11 is 0. The summed E-state index contributed by atoms with van der Waals surface area (Å²) in [4.78, 5) is 0. The Morgan fingerprint density at radius 2 is 1.41 bits per heavy atom. The van der Waals surface area contributed by atoms with Crippen LogP contribution in [0.1, 0.15) is 65.2 Å². The average molecular weight is 232 g/mol. The van der Waals surface area contributed by atoms with Gasteiger partial charge < -0.3 is 0 Å². The van der Waals surface area contributed by atoms with E-state index in [1.165, 1.54) is 18.3 Å². The summed E-state index contributed by atoms with van der Waals surface area (Å²) in [6, 6.07) is 0. The summed E-state index contributed by atoms with van der Waals surface area (Å²) in [7, 11) is 0. The van der Waals surface area contributed by atoms with Crippen molar-refractivity contribution in [2.45, 2.75) is 65.2 Å². The average Bonchev–Trinajstić information content (AvgIpc) is 2.40. The molecule has 0 amide bonds. The van der Waals surface area contributed by atoms with Crippen molar-refractivity contribution < 1.29 is 0 Å². The number of fused-ring (bicyclic) bond motifs is 4. The normalized spacial score (nSPS) is 60.4. The number of rotatable bonds is 1. The van der Waals surface area contributed by atoms with Gasteiger partial charge in [-0.25, -0.2) is 0 Å². The lowest BCUT2D eigenvalue weighted by molar-refractivity contribution is -0.163. The van der Waals surface area contributed by atoms with E-state index in [0.29, 0.717) is 0 Å². The predicted molar refractivity (Wildman–Crippen MR) is 71.7 cm³/mol. The van der Waals surface area contributed by atoms with Crippen molar-refractivity contribution in [3.8, 4) is 0 Å². The Balaban J connectivity index is 1.72. The number of hydrogen-bond acceptors (Lipinski definition) is 0. The van der Waals surface area contributed by atoms with Gasteiger partial charge in [-0.05, 0) is 85.9 Å². The molecule has 0 N–H and O–H groups in total. The summed E-state index contributed by atoms with van der Waals surface area (Å²) in [5.74, 6) is 6.88. The largest absolute Gasteiger partial charge is 0.0649 e. The van der Waals surface area contributed by atoms with E-state index >= 15 is 0 Å². The van der Waals surface area contributed by atoms with Crippen LogP contribution in [0.3, 0.4) is 0 Å². The van der Waals surface area contributed by atoms with Crippen LogP contribution in [0, 0.1) is 40.9 Å². The zero-order valence-electron chi connectivity index (χ0n) is 11.6. The fraction of sp³-hybridized carbons (Fsp3) is 1.00. The molecule has 0 heteroatoms. The maximum atomic E-state index is 2.63. The van der Waals surface area contributed by atoms with E-state index in [1.807, 2.05) is 0 Å². The first-order chi connectivity index (χ1) is 8.23. The molecule has 6 fully saturated rings. The van der Waals surface area contributed by atoms with Gasteiger partial charge in [0, 0.05) is 0 Å². The van der Waals surface area contributed by atoms with Gasteiger partial charge in [-0.3, -0.25) is 0 Å². The molecule has 0 aromatic heterocycles. The molecule has 17 heavy (non-hydrogen) atoms. The van der Waals surface area contributed by atoms with Crippen LogP contribution in [0.2, 0.25) is 0 Å². The van der Waals surface area contributed by atoms with Crippen LogP contribution in [0.4, 0.5) is 0 Å². The van der Waals surface area contributed by atoms with E-state index in [4.69, 9.17) is 0 Å². The highest BCUT2D eigenvalue weighted by molar-refractivity contribution is 5.08. The Bertz CT molecular complexity index is 312. The zero-order valence-corrected chi connectivity index (χ0v) is 11.6. The van der Waals surface area contributed by atoms with Gasteiger partial charge in [0.25, 0.3) is 0 Å². The van der Waals surface area contributed by atoms with Crippen molar-refractivity contribution in [3.63, 3.8) is 0 Å². The second-order valence-corrected chi connectivity index (χ2v) is 7.99. The topological polar surface area (TPSA) is 0 Å². The fourth-order valence-electron chi connectivity index (χ4n) is 6.83. The molecule has 5 unspecified atom stereocenters. The van der Waals surface area contributed by atoms with E-state index in [-0.39, 0.29) is 0 Å². The molecule has 0 aliphatic heterocycles. The molecular weight excluding hydrogens is 204 g/mol. The summed E-state index contributed by atoms with van der Waals surface area (Å²) < 4.78 is 0. The molecule has 6 aliphatic rings. The van der Waals surface area contributed by atoms with Crippen LogP contribution < -0.4 is 0 Å². The van der Waals surface area contributed by atoms with E-state index in [0.717, 1.165) is 29.1 Å². The summed E-state index contributed by atoms with van der Waals surface area (Å²) in [5, 5.41) is 0. The van der Waals surface area contributed by atoms with Crippen LogP contribution in [0.5, 0.6) is 0 Å². The maximum absolute atomic E-state index is 2.63. The van der Waals surface area contributed by atoms with Crippen LogP contribution in [0.25, 0.3) is 0 Å². The van der Waals surface area contributed by atoms with Crippen molar-refractivity contribution in [3.05, 3.63) is 0 Å². The molecule has 6 aliphatic carbocycles. The SMILES string of the molecule is CCC1(C)CC2CCC1C1C3CCC(CC3)C21. The van der Waals surface area contributed by atoms with Gasteiger partial charge in [-0.2, -0.15) is 0 Å². The maximum Gasteiger partial charge on any atom is -0.0295 e. The summed E-state index contributed by atoms with van der Waals surface area (Å²) in [6.07, 6.45) is 12.6. The Labute approximate surface area is 107 Å². The minimum absolute atomic E-state index is 0.724. The highest BCUT2D eigenvalue weighted by Gasteiger charge is 2.59. The van der Waals surface area contributed by atoms with Crippen LogP contribution in [-0.4, -0.2) is 0 Å². The molecule has 0 heterocycles. The smallest absolute Gasteiger partial charge is 0.0295 e. The lowest BCUT2D eigenvalue weighted by Crippen LogP contribution is -2.58. The van der Waals surface area contributed by atoms with Crippen molar-refractivity contribution in [2.24, 2.45) is 40.9 Å². The fourth-order valence-corrected chi connectivity index (χ4v) is 6.83. The number of hydrogen-bond donors (Lipinski definition) is 0. The van der Waals surface area contributed by atoms with E-state index in [9.17, 15) is 0 Å². The van der Waals surface area contributed by atoms with Crippen molar-refractivity contribution >= 4 is 0 Å². The molecule has 0 aromatic carbocycles. The van der Waals surface area contributed by atoms with Gasteiger partial charge in [0.05, 0.1) is 0 Å². The lowest BCUT2D eigenvalue weighted by atomic mass is 9.40. The van der Waals surface area contributed by atoms with Crippen LogP contribution in [0.15, 0.2) is 0 Å². The third-order valence-corrected chi connectivity index (χ3v) is 7.64. The lowest BCUT2D eigenvalue weighted by Gasteiger charge is -2.65. The molecule has 6 rings (SSSR count). The molecular formula is C17H28. The first-order valence-corrected chi connectivity index (χ1v) is 8.23. The van der Waals surface area contributed by atoms with E-state index in [2.05, 4.69) is 13.8 Å². The molecule has 0 saturated heterocycles. The molecule has 6 saturated carbocycles. The van der Waals surface area contributed by atoms with Gasteiger partial charge in [0.15, 0.2) is 0 Å². The third-order valence-electron chi connectivity index (χ3n) is 7.64. The first kappa shape index (κ1) is 10.9. The van der Waals surface area contributed by atoms with E-state index in [1.54, 1.807) is 44.9 Å². The predicted octanol–water partition coefficient (Wildman–Crippen LogP) is 4.89. The van der Waals surface area contributed by atoms with Gasteiger partial charge in [-0.15, -0.1) is 0 Å². The highest BCUT2D eigenvalue weighted by atomic mass is 14.6. The summed E-state index contributed by atoms with van der Waals surface area (Å²) in [5.41, 5.74) is 0.724. The summed E-state index contributed by atoms with van der Waals surface area (Å²) in [6.45, 7) is 5.08.